The summed E-state index contributed by atoms with van der Waals surface area (Å²) in [6.45, 7) is 0.895. The predicted molar refractivity (Wildman–Crippen MR) is 89.7 cm³/mol. The lowest BCUT2D eigenvalue weighted by molar-refractivity contribution is 0.0937. The Morgan fingerprint density at radius 3 is 2.83 bits per heavy atom. The number of aromatic nitrogens is 1. The number of methoxy groups -OCH3 is 2. The van der Waals surface area contributed by atoms with Crippen LogP contribution in [0.5, 0.6) is 5.75 Å². The molecule has 0 spiro atoms. The van der Waals surface area contributed by atoms with E-state index >= 15 is 0 Å². The number of hydrogen-bond donors (Lipinski definition) is 2. The van der Waals surface area contributed by atoms with E-state index in [1.165, 1.54) is 6.20 Å². The Morgan fingerprint density at radius 2 is 2.09 bits per heavy atom. The molecule has 7 heteroatoms. The van der Waals surface area contributed by atoms with Crippen LogP contribution in [0.25, 0.3) is 0 Å². The molecule has 0 bridgehead atoms. The molecule has 1 heterocycles. The van der Waals surface area contributed by atoms with Gasteiger partial charge in [0.2, 0.25) is 0 Å². The van der Waals surface area contributed by atoms with Crippen LogP contribution in [0, 0.1) is 0 Å². The van der Waals surface area contributed by atoms with Gasteiger partial charge in [-0.25, -0.2) is 0 Å². The second-order valence-electron chi connectivity index (χ2n) is 4.68. The van der Waals surface area contributed by atoms with E-state index in [1.807, 2.05) is 0 Å². The quantitative estimate of drug-likeness (QED) is 0.761. The number of nitrogens with zero attached hydrogens (tertiary/aromatic N) is 1. The molecule has 0 aliphatic carbocycles. The first kappa shape index (κ1) is 17.1. The van der Waals surface area contributed by atoms with Gasteiger partial charge in [-0.15, -0.1) is 0 Å². The fourth-order valence-electron chi connectivity index (χ4n) is 1.93. The topological polar surface area (TPSA) is 72.5 Å². The zero-order chi connectivity index (χ0) is 16.7. The van der Waals surface area contributed by atoms with Crippen molar-refractivity contribution in [1.82, 2.24) is 10.3 Å². The normalized spacial score (nSPS) is 10.2. The Morgan fingerprint density at radius 1 is 1.26 bits per heavy atom. The number of ether oxygens (including phenoxy) is 2. The third-order valence-corrected chi connectivity index (χ3v) is 3.27. The van der Waals surface area contributed by atoms with Crippen molar-refractivity contribution in [3.8, 4) is 5.75 Å². The van der Waals surface area contributed by atoms with Gasteiger partial charge < -0.3 is 20.1 Å². The number of anilines is 2. The second kappa shape index (κ2) is 8.36. The molecule has 6 nitrogen and oxygen atoms in total. The average Bonchev–Trinajstić information content (AvgIpc) is 2.55. The number of hydrogen-bond acceptors (Lipinski definition) is 5. The van der Waals surface area contributed by atoms with Crippen LogP contribution in [0.3, 0.4) is 0 Å². The van der Waals surface area contributed by atoms with Gasteiger partial charge in [0.1, 0.15) is 5.75 Å². The number of benzene rings is 1. The lowest BCUT2D eigenvalue weighted by Gasteiger charge is -2.12. The zero-order valence-corrected chi connectivity index (χ0v) is 13.7. The molecule has 2 aromatic rings. The van der Waals surface area contributed by atoms with Crippen LogP contribution >= 0.6 is 11.6 Å². The highest BCUT2D eigenvalue weighted by atomic mass is 35.5. The van der Waals surface area contributed by atoms with Gasteiger partial charge in [-0.05, 0) is 24.3 Å². The zero-order valence-electron chi connectivity index (χ0n) is 12.9. The summed E-state index contributed by atoms with van der Waals surface area (Å²) in [4.78, 5) is 16.1. The molecule has 0 aliphatic heterocycles. The largest absolute Gasteiger partial charge is 0.495 e. The maximum absolute atomic E-state index is 12.0. The minimum absolute atomic E-state index is 0.212. The Hall–Kier alpha value is -2.31. The molecule has 122 valence electrons. The molecule has 0 radical (unpaired) electrons. The maximum Gasteiger partial charge on any atom is 0.253 e. The van der Waals surface area contributed by atoms with E-state index in [-0.39, 0.29) is 5.91 Å². The van der Waals surface area contributed by atoms with Gasteiger partial charge in [-0.1, -0.05) is 11.6 Å². The monoisotopic (exact) mass is 335 g/mol. The van der Waals surface area contributed by atoms with E-state index in [9.17, 15) is 4.79 Å². The molecule has 1 aromatic carbocycles. The first-order valence-electron chi connectivity index (χ1n) is 6.97. The lowest BCUT2D eigenvalue weighted by atomic mass is 10.2. The highest BCUT2D eigenvalue weighted by molar-refractivity contribution is 6.31. The van der Waals surface area contributed by atoms with Gasteiger partial charge in [-0.3, -0.25) is 9.78 Å². The molecular formula is C16H18ClN3O3. The molecule has 0 saturated heterocycles. The Bertz CT molecular complexity index is 679. The number of nitrogens with one attached hydrogen (secondary N) is 2. The standard InChI is InChI=1S/C16H18ClN3O3/c1-22-6-5-19-16(21)11-7-13(10-18-9-11)20-14-8-12(17)3-4-15(14)23-2/h3-4,7-10,20H,5-6H2,1-2H3,(H,19,21). The van der Waals surface area contributed by atoms with Gasteiger partial charge >= 0.3 is 0 Å². The number of carbonyl (C=O) groups is 1. The van der Waals surface area contributed by atoms with Crippen molar-refractivity contribution >= 4 is 28.9 Å². The third-order valence-electron chi connectivity index (χ3n) is 3.03. The van der Waals surface area contributed by atoms with Crippen molar-refractivity contribution in [3.05, 3.63) is 47.2 Å². The van der Waals surface area contributed by atoms with Crippen LogP contribution in [0.15, 0.2) is 36.7 Å². The van der Waals surface area contributed by atoms with Crippen LogP contribution < -0.4 is 15.4 Å². The predicted octanol–water partition coefficient (Wildman–Crippen LogP) is 2.86. The summed E-state index contributed by atoms with van der Waals surface area (Å²) in [5.74, 6) is 0.431. The van der Waals surface area contributed by atoms with Crippen molar-refractivity contribution < 1.29 is 14.3 Å². The van der Waals surface area contributed by atoms with Crippen LogP contribution in [0.4, 0.5) is 11.4 Å². The molecule has 1 aromatic heterocycles. The van der Waals surface area contributed by atoms with Crippen molar-refractivity contribution in [2.24, 2.45) is 0 Å². The summed E-state index contributed by atoms with van der Waals surface area (Å²) in [5, 5.41) is 6.47. The van der Waals surface area contributed by atoms with Crippen molar-refractivity contribution in [2.45, 2.75) is 0 Å². The molecule has 0 saturated carbocycles. The first-order valence-corrected chi connectivity index (χ1v) is 7.34. The van der Waals surface area contributed by atoms with Crippen LogP contribution in [0.1, 0.15) is 10.4 Å². The number of halogens is 1. The fraction of sp³-hybridized carbons (Fsp3) is 0.250. The van der Waals surface area contributed by atoms with Gasteiger partial charge in [0.05, 0.1) is 36.9 Å². The van der Waals surface area contributed by atoms with E-state index in [4.69, 9.17) is 21.1 Å². The molecule has 0 fully saturated rings. The SMILES string of the molecule is COCCNC(=O)c1cncc(Nc2cc(Cl)ccc2OC)c1. The summed E-state index contributed by atoms with van der Waals surface area (Å²) in [6.07, 6.45) is 3.12. The van der Waals surface area contributed by atoms with Gasteiger partial charge in [0.25, 0.3) is 5.91 Å². The molecule has 23 heavy (non-hydrogen) atoms. The highest BCUT2D eigenvalue weighted by Gasteiger charge is 2.09. The van der Waals surface area contributed by atoms with E-state index in [2.05, 4.69) is 15.6 Å². The summed E-state index contributed by atoms with van der Waals surface area (Å²) >= 11 is 6.01. The number of pyridine rings is 1. The second-order valence-corrected chi connectivity index (χ2v) is 5.12. The van der Waals surface area contributed by atoms with Crippen LogP contribution in [-0.2, 0) is 4.74 Å². The van der Waals surface area contributed by atoms with Crippen LogP contribution in [0.2, 0.25) is 5.02 Å². The van der Waals surface area contributed by atoms with Crippen molar-refractivity contribution in [1.29, 1.82) is 0 Å². The maximum atomic E-state index is 12.0. The van der Waals surface area contributed by atoms with Gasteiger partial charge in [0, 0.05) is 24.9 Å². The molecule has 0 unspecified atom stereocenters. The third kappa shape index (κ3) is 4.84. The number of amides is 1. The van der Waals surface area contributed by atoms with Crippen LogP contribution in [-0.4, -0.2) is 38.3 Å². The molecule has 0 atom stereocenters. The molecule has 1 amide bonds. The Balaban J connectivity index is 2.14. The Kier molecular flexibility index (Phi) is 6.19. The average molecular weight is 336 g/mol. The summed E-state index contributed by atoms with van der Waals surface area (Å²) in [6, 6.07) is 6.95. The summed E-state index contributed by atoms with van der Waals surface area (Å²) in [5.41, 5.74) is 1.80. The van der Waals surface area contributed by atoms with E-state index < -0.39 is 0 Å². The first-order chi connectivity index (χ1) is 11.1. The molecule has 2 rings (SSSR count). The van der Waals surface area contributed by atoms with E-state index in [1.54, 1.807) is 44.7 Å². The van der Waals surface area contributed by atoms with Crippen molar-refractivity contribution in [2.75, 3.05) is 32.7 Å². The molecule has 0 aliphatic rings. The summed E-state index contributed by atoms with van der Waals surface area (Å²) in [7, 11) is 3.16. The Labute approximate surface area is 139 Å². The lowest BCUT2D eigenvalue weighted by Crippen LogP contribution is -2.27. The molecule has 2 N–H and O–H groups in total. The minimum atomic E-state index is -0.212. The molecular weight excluding hydrogens is 318 g/mol. The van der Waals surface area contributed by atoms with E-state index in [0.29, 0.717) is 40.9 Å². The number of carbonyl (C=O) groups excluding carboxylic acids is 1. The van der Waals surface area contributed by atoms with Gasteiger partial charge in [-0.2, -0.15) is 0 Å². The minimum Gasteiger partial charge on any atom is -0.495 e. The van der Waals surface area contributed by atoms with Gasteiger partial charge in [0.15, 0.2) is 0 Å². The highest BCUT2D eigenvalue weighted by Crippen LogP contribution is 2.30. The smallest absolute Gasteiger partial charge is 0.253 e. The van der Waals surface area contributed by atoms with Crippen molar-refractivity contribution in [3.63, 3.8) is 0 Å². The number of rotatable bonds is 7. The summed E-state index contributed by atoms with van der Waals surface area (Å²) < 4.78 is 10.2. The fourth-order valence-corrected chi connectivity index (χ4v) is 2.11. The van der Waals surface area contributed by atoms with E-state index in [0.717, 1.165) is 0 Å².